The van der Waals surface area contributed by atoms with Crippen LogP contribution in [0.3, 0.4) is 0 Å². The van der Waals surface area contributed by atoms with Gasteiger partial charge in [0.2, 0.25) is 5.91 Å². The van der Waals surface area contributed by atoms with Crippen LogP contribution >= 0.6 is 12.6 Å². The molecule has 1 heterocycles. The molecule has 35 heavy (non-hydrogen) atoms. The Balaban J connectivity index is 1.78. The molecule has 0 spiro atoms. The first-order valence-corrected chi connectivity index (χ1v) is 12.3. The quantitative estimate of drug-likeness (QED) is 0.0770. The van der Waals surface area contributed by atoms with E-state index in [9.17, 15) is 19.2 Å². The van der Waals surface area contributed by atoms with Crippen molar-refractivity contribution < 1.29 is 43.2 Å². The molecule has 1 aliphatic heterocycles. The van der Waals surface area contributed by atoms with Crippen LogP contribution < -0.4 is 10.6 Å². The lowest BCUT2D eigenvalue weighted by atomic mass is 10.2. The summed E-state index contributed by atoms with van der Waals surface area (Å²) in [6, 6.07) is -0.930. The second-order valence-electron chi connectivity index (χ2n) is 7.44. The minimum Gasteiger partial charge on any atom is -0.480 e. The molecule has 3 N–H and O–H groups in total. The van der Waals surface area contributed by atoms with Crippen LogP contribution in [0.4, 0.5) is 0 Å². The predicted molar refractivity (Wildman–Crippen MR) is 129 cm³/mol. The standard InChI is InChI=1S/C22H37N3O9S/c26-19(24-18(5-17-35)22(29)30)4-9-31-11-13-33-15-16-34-14-12-32-10-7-23-6-1-8-25-20(27)2-3-21(25)28/h2-3,18,23,35H,1,4-17H2,(H,24,26)(H,29,30). The number of carboxylic acids is 1. The van der Waals surface area contributed by atoms with E-state index in [0.29, 0.717) is 78.1 Å². The smallest absolute Gasteiger partial charge is 0.326 e. The maximum Gasteiger partial charge on any atom is 0.326 e. The molecule has 13 heteroatoms. The average Bonchev–Trinajstić information content (AvgIpc) is 3.15. The van der Waals surface area contributed by atoms with Gasteiger partial charge in [-0.05, 0) is 25.1 Å². The number of hydrogen-bond donors (Lipinski definition) is 4. The van der Waals surface area contributed by atoms with E-state index in [0.717, 1.165) is 0 Å². The van der Waals surface area contributed by atoms with E-state index in [1.165, 1.54) is 17.1 Å². The number of carbonyl (C=O) groups excluding carboxylic acids is 3. The van der Waals surface area contributed by atoms with Crippen molar-refractivity contribution in [2.45, 2.75) is 25.3 Å². The number of aliphatic carboxylic acids is 1. The normalized spacial score (nSPS) is 14.0. The molecule has 1 unspecified atom stereocenters. The number of nitrogens with zero attached hydrogens (tertiary/aromatic N) is 1. The maximum atomic E-state index is 11.7. The first-order chi connectivity index (χ1) is 17.0. The Kier molecular flexibility index (Phi) is 17.9. The van der Waals surface area contributed by atoms with Crippen LogP contribution in [0.5, 0.6) is 0 Å². The summed E-state index contributed by atoms with van der Waals surface area (Å²) in [5, 5.41) is 14.6. The topological polar surface area (TPSA) is 153 Å². The number of imide groups is 1. The highest BCUT2D eigenvalue weighted by atomic mass is 32.1. The van der Waals surface area contributed by atoms with Crippen LogP contribution in [0.15, 0.2) is 12.2 Å². The number of thiol groups is 1. The fourth-order valence-electron chi connectivity index (χ4n) is 2.86. The van der Waals surface area contributed by atoms with Crippen LogP contribution in [0, 0.1) is 0 Å². The van der Waals surface area contributed by atoms with Gasteiger partial charge in [0.25, 0.3) is 11.8 Å². The van der Waals surface area contributed by atoms with Gasteiger partial charge < -0.3 is 34.7 Å². The molecule has 0 aromatic carbocycles. The number of rotatable bonds is 23. The first kappa shape index (κ1) is 31.0. The lowest BCUT2D eigenvalue weighted by Crippen LogP contribution is -2.41. The molecular weight excluding hydrogens is 482 g/mol. The van der Waals surface area contributed by atoms with Gasteiger partial charge in [-0.15, -0.1) is 0 Å². The van der Waals surface area contributed by atoms with Crippen molar-refractivity contribution in [3.05, 3.63) is 12.2 Å². The van der Waals surface area contributed by atoms with Crippen molar-refractivity contribution in [3.8, 4) is 0 Å². The Morgan fingerprint density at radius 2 is 1.43 bits per heavy atom. The van der Waals surface area contributed by atoms with Crippen LogP contribution in [-0.4, -0.2) is 118 Å². The second-order valence-corrected chi connectivity index (χ2v) is 7.88. The summed E-state index contributed by atoms with van der Waals surface area (Å²) < 4.78 is 21.5. The molecule has 200 valence electrons. The molecule has 0 aliphatic carbocycles. The molecule has 0 radical (unpaired) electrons. The SMILES string of the molecule is O=C(CCOCCOCCOCCOCCNCCCN1C(=O)C=CC1=O)NC(CCS)C(=O)O. The third-order valence-corrected chi connectivity index (χ3v) is 4.96. The van der Waals surface area contributed by atoms with Crippen molar-refractivity contribution in [2.75, 3.05) is 78.2 Å². The van der Waals surface area contributed by atoms with Crippen molar-refractivity contribution in [1.82, 2.24) is 15.5 Å². The lowest BCUT2D eigenvalue weighted by Gasteiger charge is -2.13. The maximum absolute atomic E-state index is 11.7. The van der Waals surface area contributed by atoms with Gasteiger partial charge >= 0.3 is 5.97 Å². The van der Waals surface area contributed by atoms with E-state index in [1.807, 2.05) is 0 Å². The van der Waals surface area contributed by atoms with E-state index in [2.05, 4.69) is 23.3 Å². The van der Waals surface area contributed by atoms with Crippen molar-refractivity contribution in [2.24, 2.45) is 0 Å². The minimum atomic E-state index is -1.08. The van der Waals surface area contributed by atoms with Gasteiger partial charge in [-0.3, -0.25) is 19.3 Å². The summed E-state index contributed by atoms with van der Waals surface area (Å²) in [7, 11) is 0. The Bertz CT molecular complexity index is 661. The molecule has 12 nitrogen and oxygen atoms in total. The highest BCUT2D eigenvalue weighted by molar-refractivity contribution is 7.80. The summed E-state index contributed by atoms with van der Waals surface area (Å²) in [5.74, 6) is -1.60. The number of nitrogens with one attached hydrogen (secondary N) is 2. The molecule has 0 bridgehead atoms. The molecule has 1 atom stereocenters. The highest BCUT2D eigenvalue weighted by Gasteiger charge is 2.22. The molecular formula is C22H37N3O9S. The van der Waals surface area contributed by atoms with Gasteiger partial charge in [0.15, 0.2) is 0 Å². The Morgan fingerprint density at radius 1 is 0.886 bits per heavy atom. The Labute approximate surface area is 211 Å². The van der Waals surface area contributed by atoms with Gasteiger partial charge in [0, 0.05) is 31.7 Å². The fourth-order valence-corrected chi connectivity index (χ4v) is 3.12. The number of hydrogen-bond acceptors (Lipinski definition) is 10. The molecule has 3 amide bonds. The van der Waals surface area contributed by atoms with Crippen molar-refractivity contribution in [1.29, 1.82) is 0 Å². The Hall–Kier alpha value is -2.03. The molecule has 0 saturated carbocycles. The van der Waals surface area contributed by atoms with Crippen LogP contribution in [0.1, 0.15) is 19.3 Å². The lowest BCUT2D eigenvalue weighted by molar-refractivity contribution is -0.142. The summed E-state index contributed by atoms with van der Waals surface area (Å²) in [6.07, 6.45) is 3.59. The third kappa shape index (κ3) is 15.6. The molecule has 0 fully saturated rings. The number of carboxylic acid groups (broad SMARTS) is 1. The third-order valence-electron chi connectivity index (χ3n) is 4.70. The van der Waals surface area contributed by atoms with Crippen LogP contribution in [0.2, 0.25) is 0 Å². The fraction of sp³-hybridized carbons (Fsp3) is 0.727. The van der Waals surface area contributed by atoms with Gasteiger partial charge in [-0.2, -0.15) is 12.6 Å². The van der Waals surface area contributed by atoms with Crippen molar-refractivity contribution >= 4 is 36.3 Å². The number of ether oxygens (including phenoxy) is 4. The monoisotopic (exact) mass is 519 g/mol. The molecule has 0 aromatic heterocycles. The summed E-state index contributed by atoms with van der Waals surface area (Å²) in [5.41, 5.74) is 0. The van der Waals surface area contributed by atoms with E-state index in [1.54, 1.807) is 0 Å². The molecule has 1 aliphatic rings. The summed E-state index contributed by atoms with van der Waals surface area (Å²) in [4.78, 5) is 46.7. The Morgan fingerprint density at radius 3 is 1.97 bits per heavy atom. The first-order valence-electron chi connectivity index (χ1n) is 11.6. The largest absolute Gasteiger partial charge is 0.480 e. The molecule has 1 rings (SSSR count). The summed E-state index contributed by atoms with van der Waals surface area (Å²) in [6.45, 7) is 4.91. The summed E-state index contributed by atoms with van der Waals surface area (Å²) >= 11 is 3.98. The van der Waals surface area contributed by atoms with Gasteiger partial charge in [0.1, 0.15) is 6.04 Å². The van der Waals surface area contributed by atoms with E-state index in [4.69, 9.17) is 24.1 Å². The van der Waals surface area contributed by atoms with E-state index < -0.39 is 12.0 Å². The second kappa shape index (κ2) is 20.2. The van der Waals surface area contributed by atoms with E-state index >= 15 is 0 Å². The number of carbonyl (C=O) groups is 4. The average molecular weight is 520 g/mol. The van der Waals surface area contributed by atoms with Gasteiger partial charge in [0.05, 0.1) is 52.9 Å². The molecule has 0 saturated heterocycles. The minimum absolute atomic E-state index is 0.0767. The molecule has 0 aromatic rings. The van der Waals surface area contributed by atoms with E-state index in [-0.39, 0.29) is 37.2 Å². The van der Waals surface area contributed by atoms with Crippen molar-refractivity contribution in [3.63, 3.8) is 0 Å². The van der Waals surface area contributed by atoms with Crippen LogP contribution in [-0.2, 0) is 38.1 Å². The zero-order valence-electron chi connectivity index (χ0n) is 19.9. The number of amides is 3. The zero-order valence-corrected chi connectivity index (χ0v) is 20.8. The predicted octanol–water partition coefficient (Wildman–Crippen LogP) is -0.763. The van der Waals surface area contributed by atoms with Crippen LogP contribution in [0.25, 0.3) is 0 Å². The van der Waals surface area contributed by atoms with Gasteiger partial charge in [-0.25, -0.2) is 4.79 Å². The van der Waals surface area contributed by atoms with Gasteiger partial charge in [-0.1, -0.05) is 0 Å². The zero-order chi connectivity index (χ0) is 25.7. The highest BCUT2D eigenvalue weighted by Crippen LogP contribution is 2.03.